The Morgan fingerprint density at radius 1 is 1.10 bits per heavy atom. The zero-order valence-electron chi connectivity index (χ0n) is 11.7. The summed E-state index contributed by atoms with van der Waals surface area (Å²) in [5, 5.41) is 12.5. The maximum Gasteiger partial charge on any atom is 0.141 e. The number of nitrogens with zero attached hydrogens (tertiary/aromatic N) is 5. The van der Waals surface area contributed by atoms with Crippen molar-refractivity contribution in [3.63, 3.8) is 0 Å². The highest BCUT2D eigenvalue weighted by molar-refractivity contribution is 6.30. The molecule has 0 saturated carbocycles. The van der Waals surface area contributed by atoms with Crippen molar-refractivity contribution in [3.8, 4) is 5.69 Å². The fourth-order valence-corrected chi connectivity index (χ4v) is 2.42. The third-order valence-electron chi connectivity index (χ3n) is 3.29. The van der Waals surface area contributed by atoms with Gasteiger partial charge in [-0.2, -0.15) is 5.10 Å². The second-order valence-corrected chi connectivity index (χ2v) is 5.16. The molecular weight excluding hydrogens is 286 g/mol. The van der Waals surface area contributed by atoms with Crippen molar-refractivity contribution in [1.29, 1.82) is 0 Å². The van der Waals surface area contributed by atoms with Crippen LogP contribution in [0.15, 0.2) is 48.1 Å². The number of rotatable bonds is 3. The molecule has 0 unspecified atom stereocenters. The summed E-state index contributed by atoms with van der Waals surface area (Å²) in [6.07, 6.45) is 4.90. The molecule has 0 bridgehead atoms. The van der Waals surface area contributed by atoms with Crippen LogP contribution in [-0.2, 0) is 0 Å². The lowest BCUT2D eigenvalue weighted by molar-refractivity contribution is 0.877. The van der Waals surface area contributed by atoms with Gasteiger partial charge in [-0.05, 0) is 44.2 Å². The third-order valence-corrected chi connectivity index (χ3v) is 3.54. The van der Waals surface area contributed by atoms with Gasteiger partial charge in [-0.3, -0.25) is 0 Å². The minimum Gasteiger partial charge on any atom is -0.318 e. The first-order valence-electron chi connectivity index (χ1n) is 6.49. The van der Waals surface area contributed by atoms with Crippen LogP contribution in [0.1, 0.15) is 17.0 Å². The molecule has 21 heavy (non-hydrogen) atoms. The Morgan fingerprint density at radius 3 is 2.43 bits per heavy atom. The number of aromatic nitrogens is 4. The van der Waals surface area contributed by atoms with Gasteiger partial charge in [0.25, 0.3) is 0 Å². The predicted octanol–water partition coefficient (Wildman–Crippen LogP) is 3.22. The Morgan fingerprint density at radius 2 is 1.76 bits per heavy atom. The van der Waals surface area contributed by atoms with E-state index in [9.17, 15) is 0 Å². The molecule has 106 valence electrons. The van der Waals surface area contributed by atoms with Gasteiger partial charge in [0.2, 0.25) is 0 Å². The summed E-state index contributed by atoms with van der Waals surface area (Å²) in [4.78, 5) is 0. The minimum atomic E-state index is 0.732. The summed E-state index contributed by atoms with van der Waals surface area (Å²) in [5.41, 5.74) is 4.39. The molecule has 0 aliphatic rings. The van der Waals surface area contributed by atoms with E-state index in [1.807, 2.05) is 24.3 Å². The monoisotopic (exact) mass is 299 g/mol. The first-order valence-corrected chi connectivity index (χ1v) is 6.87. The molecule has 0 N–H and O–H groups in total. The smallest absolute Gasteiger partial charge is 0.141 e. The van der Waals surface area contributed by atoms with Crippen LogP contribution < -0.4 is 0 Å². The summed E-state index contributed by atoms with van der Waals surface area (Å²) in [6.45, 7) is 4.13. The molecule has 0 amide bonds. The standard InChI is InChI=1S/C15H14ClN5/c1-11-7-13(8-19-20-9-17-18-10-20)12(2)21(11)15-5-3-14(16)4-6-15/h3-10H,1-2H3/b19-8+. The van der Waals surface area contributed by atoms with Crippen molar-refractivity contribution in [2.45, 2.75) is 13.8 Å². The summed E-state index contributed by atoms with van der Waals surface area (Å²) in [5.74, 6) is 0. The van der Waals surface area contributed by atoms with E-state index < -0.39 is 0 Å². The Labute approximate surface area is 127 Å². The molecule has 2 heterocycles. The molecule has 0 aliphatic heterocycles. The van der Waals surface area contributed by atoms with Crippen LogP contribution in [0.25, 0.3) is 5.69 Å². The van der Waals surface area contributed by atoms with Crippen LogP contribution in [0.5, 0.6) is 0 Å². The Hall–Kier alpha value is -2.40. The number of benzene rings is 1. The van der Waals surface area contributed by atoms with Crippen molar-refractivity contribution in [3.05, 3.63) is 65.0 Å². The highest BCUT2D eigenvalue weighted by Gasteiger charge is 2.09. The van der Waals surface area contributed by atoms with Gasteiger partial charge >= 0.3 is 0 Å². The van der Waals surface area contributed by atoms with Crippen molar-refractivity contribution >= 4 is 17.8 Å². The van der Waals surface area contributed by atoms with Gasteiger partial charge in [0.1, 0.15) is 12.7 Å². The molecule has 0 fully saturated rings. The van der Waals surface area contributed by atoms with Crippen molar-refractivity contribution in [2.75, 3.05) is 0 Å². The first-order chi connectivity index (χ1) is 10.1. The van der Waals surface area contributed by atoms with E-state index in [-0.39, 0.29) is 0 Å². The SMILES string of the molecule is Cc1cc(/C=N/n2cnnc2)c(C)n1-c1ccc(Cl)cc1. The largest absolute Gasteiger partial charge is 0.318 e. The van der Waals surface area contributed by atoms with E-state index in [0.717, 1.165) is 27.7 Å². The normalized spacial score (nSPS) is 11.4. The van der Waals surface area contributed by atoms with E-state index in [4.69, 9.17) is 11.6 Å². The van der Waals surface area contributed by atoms with Crippen molar-refractivity contribution in [2.24, 2.45) is 5.10 Å². The molecule has 3 aromatic rings. The van der Waals surface area contributed by atoms with Gasteiger partial charge in [-0.1, -0.05) is 11.6 Å². The van der Waals surface area contributed by atoms with E-state index in [0.29, 0.717) is 0 Å². The molecule has 0 radical (unpaired) electrons. The summed E-state index contributed by atoms with van der Waals surface area (Å²) in [7, 11) is 0. The summed E-state index contributed by atoms with van der Waals surface area (Å²) in [6, 6.07) is 9.88. The second kappa shape index (κ2) is 5.54. The lowest BCUT2D eigenvalue weighted by atomic mass is 10.2. The molecule has 0 atom stereocenters. The van der Waals surface area contributed by atoms with E-state index in [2.05, 4.69) is 39.8 Å². The number of aryl methyl sites for hydroxylation is 1. The molecule has 0 aliphatic carbocycles. The van der Waals surface area contributed by atoms with Crippen LogP contribution in [0.3, 0.4) is 0 Å². The summed E-state index contributed by atoms with van der Waals surface area (Å²) >= 11 is 5.95. The van der Waals surface area contributed by atoms with Crippen molar-refractivity contribution in [1.82, 2.24) is 19.4 Å². The van der Waals surface area contributed by atoms with Crippen LogP contribution in [0.2, 0.25) is 5.02 Å². The van der Waals surface area contributed by atoms with Gasteiger partial charge < -0.3 is 4.57 Å². The molecule has 3 rings (SSSR count). The molecule has 6 heteroatoms. The van der Waals surface area contributed by atoms with Crippen molar-refractivity contribution < 1.29 is 0 Å². The Bertz CT molecular complexity index is 769. The number of hydrogen-bond donors (Lipinski definition) is 0. The predicted molar refractivity (Wildman–Crippen MR) is 83.3 cm³/mol. The van der Waals surface area contributed by atoms with Gasteiger partial charge in [-0.25, -0.2) is 4.68 Å². The minimum absolute atomic E-state index is 0.732. The quantitative estimate of drug-likeness (QED) is 0.697. The number of halogens is 1. The molecule has 5 nitrogen and oxygen atoms in total. The van der Waals surface area contributed by atoms with Gasteiger partial charge in [-0.15, -0.1) is 10.2 Å². The molecule has 0 spiro atoms. The highest BCUT2D eigenvalue weighted by atomic mass is 35.5. The van der Waals surface area contributed by atoms with E-state index >= 15 is 0 Å². The fourth-order valence-electron chi connectivity index (χ4n) is 2.29. The third kappa shape index (κ3) is 2.73. The van der Waals surface area contributed by atoms with Crippen LogP contribution in [0.4, 0.5) is 0 Å². The zero-order chi connectivity index (χ0) is 14.8. The first kappa shape index (κ1) is 13.6. The average molecular weight is 300 g/mol. The Kier molecular flexibility index (Phi) is 3.58. The van der Waals surface area contributed by atoms with Crippen LogP contribution >= 0.6 is 11.6 Å². The van der Waals surface area contributed by atoms with Gasteiger partial charge in [0, 0.05) is 27.7 Å². The maximum absolute atomic E-state index is 5.95. The van der Waals surface area contributed by atoms with Crippen LogP contribution in [-0.4, -0.2) is 25.7 Å². The topological polar surface area (TPSA) is 48.0 Å². The molecule has 2 aromatic heterocycles. The highest BCUT2D eigenvalue weighted by Crippen LogP contribution is 2.21. The van der Waals surface area contributed by atoms with E-state index in [1.54, 1.807) is 23.5 Å². The maximum atomic E-state index is 5.95. The summed E-state index contributed by atoms with van der Waals surface area (Å²) < 4.78 is 3.73. The van der Waals surface area contributed by atoms with E-state index in [1.165, 1.54) is 0 Å². The fraction of sp³-hybridized carbons (Fsp3) is 0.133. The molecular formula is C15H14ClN5. The van der Waals surface area contributed by atoms with Gasteiger partial charge in [0.15, 0.2) is 0 Å². The lowest BCUT2D eigenvalue weighted by Gasteiger charge is -2.09. The average Bonchev–Trinajstić information content (AvgIpc) is 3.07. The second-order valence-electron chi connectivity index (χ2n) is 4.72. The number of hydrogen-bond acceptors (Lipinski definition) is 3. The zero-order valence-corrected chi connectivity index (χ0v) is 12.5. The molecule has 1 aromatic carbocycles. The van der Waals surface area contributed by atoms with Gasteiger partial charge in [0.05, 0.1) is 6.21 Å². The Balaban J connectivity index is 1.98. The van der Waals surface area contributed by atoms with Crippen LogP contribution in [0, 0.1) is 13.8 Å². The molecule has 0 saturated heterocycles. The lowest BCUT2D eigenvalue weighted by Crippen LogP contribution is -1.99.